The van der Waals surface area contributed by atoms with Crippen molar-refractivity contribution < 1.29 is 19.1 Å². The number of ether oxygens (including phenoxy) is 1. The van der Waals surface area contributed by atoms with E-state index in [9.17, 15) is 19.6 Å². The van der Waals surface area contributed by atoms with Gasteiger partial charge in [0.2, 0.25) is 5.91 Å². The monoisotopic (exact) mass is 789 g/mol. The number of nitrogens with one attached hydrogen (secondary N) is 3. The van der Waals surface area contributed by atoms with Crippen LogP contribution in [0, 0.1) is 11.3 Å². The third kappa shape index (κ3) is 9.87. The average molecular weight is 790 g/mol. The van der Waals surface area contributed by atoms with Gasteiger partial charge < -0.3 is 20.7 Å². The molecule has 3 N–H and O–H groups in total. The maximum Gasteiger partial charge on any atom is 0.272 e. The number of thiophene rings is 1. The second kappa shape index (κ2) is 18.5. The molecule has 1 unspecified atom stereocenters. The summed E-state index contributed by atoms with van der Waals surface area (Å²) in [6, 6.07) is 45.2. The molecule has 6 aromatic rings. The number of anilines is 2. The van der Waals surface area contributed by atoms with E-state index in [-0.39, 0.29) is 11.6 Å². The van der Waals surface area contributed by atoms with E-state index in [2.05, 4.69) is 39.1 Å². The maximum absolute atomic E-state index is 14.2. The molecule has 284 valence electrons. The van der Waals surface area contributed by atoms with Gasteiger partial charge in [-0.3, -0.25) is 19.3 Å². The summed E-state index contributed by atoms with van der Waals surface area (Å²) in [4.78, 5) is 45.4. The number of hydrogen-bond acceptors (Lipinski definition) is 8. The van der Waals surface area contributed by atoms with Gasteiger partial charge in [0, 0.05) is 40.7 Å². The van der Waals surface area contributed by atoms with Crippen LogP contribution < -0.4 is 20.7 Å². The second-order valence-corrected chi connectivity index (χ2v) is 15.6. The molecule has 9 nitrogen and oxygen atoms in total. The number of nitriles is 1. The van der Waals surface area contributed by atoms with Gasteiger partial charge in [-0.25, -0.2) is 0 Å². The fourth-order valence-corrected chi connectivity index (χ4v) is 8.84. The van der Waals surface area contributed by atoms with Crippen LogP contribution in [0.15, 0.2) is 150 Å². The number of fused-ring (bicyclic) bond motifs is 1. The van der Waals surface area contributed by atoms with Crippen molar-refractivity contribution in [3.63, 3.8) is 0 Å². The number of hydrogen-bond donors (Lipinski definition) is 3. The van der Waals surface area contributed by atoms with Crippen molar-refractivity contribution in [3.05, 3.63) is 183 Å². The largest absolute Gasteiger partial charge is 0.497 e. The van der Waals surface area contributed by atoms with Gasteiger partial charge in [0.15, 0.2) is 0 Å². The van der Waals surface area contributed by atoms with Crippen LogP contribution in [0.3, 0.4) is 0 Å². The zero-order valence-electron chi connectivity index (χ0n) is 31.1. The van der Waals surface area contributed by atoms with Gasteiger partial charge in [0.25, 0.3) is 11.8 Å². The zero-order valence-corrected chi connectivity index (χ0v) is 32.7. The predicted octanol–water partition coefficient (Wildman–Crippen LogP) is 9.07. The Balaban J connectivity index is 1.09. The quantitative estimate of drug-likeness (QED) is 0.0788. The van der Waals surface area contributed by atoms with Crippen molar-refractivity contribution in [2.24, 2.45) is 0 Å². The van der Waals surface area contributed by atoms with Crippen molar-refractivity contribution in [1.82, 2.24) is 10.2 Å². The highest BCUT2D eigenvalue weighted by atomic mass is 32.2. The van der Waals surface area contributed by atoms with Gasteiger partial charge in [-0.1, -0.05) is 97.1 Å². The van der Waals surface area contributed by atoms with Crippen LogP contribution in [0.4, 0.5) is 10.7 Å². The zero-order chi connectivity index (χ0) is 39.6. The van der Waals surface area contributed by atoms with Gasteiger partial charge in [-0.05, 0) is 77.2 Å². The van der Waals surface area contributed by atoms with E-state index >= 15 is 0 Å². The third-order valence-corrected chi connectivity index (χ3v) is 11.8. The van der Waals surface area contributed by atoms with Gasteiger partial charge in [0.05, 0.1) is 12.7 Å². The fourth-order valence-electron chi connectivity index (χ4n) is 6.51. The summed E-state index contributed by atoms with van der Waals surface area (Å²) in [6.07, 6.45) is 2.34. The van der Waals surface area contributed by atoms with Crippen LogP contribution in [-0.4, -0.2) is 36.3 Å². The molecule has 1 aliphatic rings. The van der Waals surface area contributed by atoms with Gasteiger partial charge in [-0.15, -0.1) is 23.1 Å². The molecule has 11 heteroatoms. The van der Waals surface area contributed by atoms with Crippen LogP contribution in [0.25, 0.3) is 6.08 Å². The molecule has 1 aliphatic heterocycles. The highest BCUT2D eigenvalue weighted by Crippen LogP contribution is 2.41. The molecule has 0 saturated heterocycles. The minimum absolute atomic E-state index is 0.0451. The van der Waals surface area contributed by atoms with E-state index < -0.39 is 17.1 Å². The predicted molar refractivity (Wildman–Crippen MR) is 227 cm³/mol. The van der Waals surface area contributed by atoms with E-state index in [1.807, 2.05) is 60.7 Å². The summed E-state index contributed by atoms with van der Waals surface area (Å²) < 4.78 is 5.27. The van der Waals surface area contributed by atoms with Crippen molar-refractivity contribution in [1.29, 1.82) is 5.26 Å². The number of benzene rings is 5. The van der Waals surface area contributed by atoms with Crippen LogP contribution in [0.5, 0.6) is 5.75 Å². The number of amides is 3. The number of methoxy groups -OCH3 is 1. The summed E-state index contributed by atoms with van der Waals surface area (Å²) >= 11 is 2.81. The van der Waals surface area contributed by atoms with E-state index in [0.717, 1.165) is 40.4 Å². The number of thioether (sulfide) groups is 1. The Morgan fingerprint density at radius 2 is 1.58 bits per heavy atom. The lowest BCUT2D eigenvalue weighted by Crippen LogP contribution is -2.30. The number of nitrogens with zero attached hydrogens (tertiary/aromatic N) is 2. The molecule has 0 radical (unpaired) electrons. The molecule has 7 rings (SSSR count). The Morgan fingerprint density at radius 3 is 2.28 bits per heavy atom. The van der Waals surface area contributed by atoms with Gasteiger partial charge in [0.1, 0.15) is 27.8 Å². The second-order valence-electron chi connectivity index (χ2n) is 13.3. The number of carbonyl (C=O) groups is 3. The molecule has 1 aromatic heterocycles. The van der Waals surface area contributed by atoms with Crippen molar-refractivity contribution >= 4 is 57.6 Å². The van der Waals surface area contributed by atoms with Crippen molar-refractivity contribution in [2.75, 3.05) is 24.3 Å². The number of rotatable bonds is 13. The minimum Gasteiger partial charge on any atom is -0.497 e. The Labute approximate surface area is 340 Å². The third-order valence-electron chi connectivity index (χ3n) is 9.38. The summed E-state index contributed by atoms with van der Waals surface area (Å²) in [6.45, 7) is 2.35. The lowest BCUT2D eigenvalue weighted by atomic mass is 10.0. The highest BCUT2D eigenvalue weighted by molar-refractivity contribution is 8.00. The first-order chi connectivity index (χ1) is 27.9. The van der Waals surface area contributed by atoms with E-state index in [4.69, 9.17) is 4.74 Å². The van der Waals surface area contributed by atoms with E-state index in [0.29, 0.717) is 39.7 Å². The Hall–Kier alpha value is -6.45. The first kappa shape index (κ1) is 38.8. The molecule has 0 spiro atoms. The highest BCUT2D eigenvalue weighted by Gasteiger charge is 2.28. The average Bonchev–Trinajstić information content (AvgIpc) is 3.59. The van der Waals surface area contributed by atoms with E-state index in [1.165, 1.54) is 28.7 Å². The summed E-state index contributed by atoms with van der Waals surface area (Å²) in [7, 11) is 1.57. The first-order valence-electron chi connectivity index (χ1n) is 18.3. The van der Waals surface area contributed by atoms with Crippen LogP contribution >= 0.6 is 23.1 Å². The van der Waals surface area contributed by atoms with Crippen molar-refractivity contribution in [3.8, 4) is 11.8 Å². The Kier molecular flexibility index (Phi) is 12.6. The molecule has 2 heterocycles. The topological polar surface area (TPSA) is 124 Å². The molecular weight excluding hydrogens is 751 g/mol. The fraction of sp³-hybridized carbons (Fsp3) is 0.130. The summed E-state index contributed by atoms with van der Waals surface area (Å²) in [5, 5.41) is 18.9. The first-order valence-corrected chi connectivity index (χ1v) is 20.0. The molecular formula is C46H39N5O4S2. The lowest BCUT2D eigenvalue weighted by molar-refractivity contribution is -0.116. The minimum atomic E-state index is -0.673. The summed E-state index contributed by atoms with van der Waals surface area (Å²) in [5.41, 5.74) is 5.18. The van der Waals surface area contributed by atoms with Gasteiger partial charge >= 0.3 is 0 Å². The smallest absolute Gasteiger partial charge is 0.272 e. The Morgan fingerprint density at radius 1 is 0.877 bits per heavy atom. The summed E-state index contributed by atoms with van der Waals surface area (Å²) in [5.74, 6) is -0.552. The van der Waals surface area contributed by atoms with Crippen LogP contribution in [0.1, 0.15) is 48.3 Å². The normalized spacial score (nSPS) is 13.1. The Bertz CT molecular complexity index is 2430. The molecule has 0 aliphatic carbocycles. The molecule has 0 saturated carbocycles. The molecule has 5 aromatic carbocycles. The molecule has 1 atom stereocenters. The standard InChI is InChI=1S/C46H39N5O4S2/c1-55-36-22-20-31(21-23-36)26-40(49-43(52)34-16-9-4-10-17-34)44(53)48-35-18-11-19-37(27-35)56-42(33-14-7-3-8-15-33)45(54)50-46-39(28-47)38-24-25-51(30-41(38)57-46)29-32-12-5-2-6-13-32/h2-23,26-27,42H,24-25,29-30H2,1H3,(H,48,53)(H,49,52)(H,50,54)/b40-26+. The molecule has 57 heavy (non-hydrogen) atoms. The van der Waals surface area contributed by atoms with Gasteiger partial charge in [-0.2, -0.15) is 5.26 Å². The van der Waals surface area contributed by atoms with Crippen molar-refractivity contribution in [2.45, 2.75) is 29.7 Å². The van der Waals surface area contributed by atoms with Crippen LogP contribution in [-0.2, 0) is 29.1 Å². The molecule has 3 amide bonds. The lowest BCUT2D eigenvalue weighted by Gasteiger charge is -2.26. The SMILES string of the molecule is COc1ccc(/C=C(/NC(=O)c2ccccc2)C(=O)Nc2cccc(SC(C(=O)Nc3sc4c(c3C#N)CCN(Cc3ccccc3)C4)c3ccccc3)c2)cc1. The van der Waals surface area contributed by atoms with E-state index in [1.54, 1.807) is 79.9 Å². The molecule has 0 fully saturated rings. The molecule has 0 bridgehead atoms. The van der Waals surface area contributed by atoms with Crippen LogP contribution in [0.2, 0.25) is 0 Å². The number of carbonyl (C=O) groups excluding carboxylic acids is 3. The maximum atomic E-state index is 14.2.